The Hall–Kier alpha value is -2.96. The van der Waals surface area contributed by atoms with Gasteiger partial charge in [-0.3, -0.25) is 14.9 Å². The molecule has 0 atom stereocenters. The fraction of sp³-hybridized carbons (Fsp3) is 0.333. The van der Waals surface area contributed by atoms with Gasteiger partial charge in [0.15, 0.2) is 10.8 Å². The quantitative estimate of drug-likeness (QED) is 0.152. The molecule has 1 aromatic carbocycles. The Labute approximate surface area is 186 Å². The lowest BCUT2D eigenvalue weighted by Gasteiger charge is -2.09. The molecule has 0 bridgehead atoms. The molecule has 2 N–H and O–H groups in total. The second-order valence-corrected chi connectivity index (χ2v) is 7.44. The SMILES string of the molecule is COCCNc1nc(SC)nc2c1cnn2CCNC(=O)c1ccc(Cl)c([N+](=O)[O-])c1. The summed E-state index contributed by atoms with van der Waals surface area (Å²) in [6.07, 6.45) is 3.55. The van der Waals surface area contributed by atoms with Crippen LogP contribution in [0.5, 0.6) is 0 Å². The van der Waals surface area contributed by atoms with Crippen molar-refractivity contribution in [2.75, 3.05) is 38.4 Å². The number of thioether (sulfide) groups is 1. The molecule has 0 aliphatic heterocycles. The van der Waals surface area contributed by atoms with E-state index in [9.17, 15) is 14.9 Å². The molecule has 2 aromatic heterocycles. The summed E-state index contributed by atoms with van der Waals surface area (Å²) in [5.74, 6) is 0.215. The van der Waals surface area contributed by atoms with E-state index in [2.05, 4.69) is 25.7 Å². The van der Waals surface area contributed by atoms with Crippen LogP contribution in [0.15, 0.2) is 29.6 Å². The number of hydrogen-bond acceptors (Lipinski definition) is 9. The number of carbonyl (C=O) groups is 1. The standard InChI is InChI=1S/C18H20ClN7O4S/c1-30-8-6-20-15-12-10-22-25(16(12)24-18(23-15)31-2)7-5-21-17(27)11-3-4-13(19)14(9-11)26(28)29/h3-4,9-10H,5-8H2,1-2H3,(H,21,27)(H,20,23,24). The molecule has 0 fully saturated rings. The third-order valence-corrected chi connectivity index (χ3v) is 5.14. The number of nitrogens with one attached hydrogen (secondary N) is 2. The van der Waals surface area contributed by atoms with Crippen LogP contribution < -0.4 is 10.6 Å². The summed E-state index contributed by atoms with van der Waals surface area (Å²) in [4.78, 5) is 31.7. The summed E-state index contributed by atoms with van der Waals surface area (Å²) in [5, 5.41) is 22.6. The lowest BCUT2D eigenvalue weighted by Crippen LogP contribution is -2.27. The zero-order chi connectivity index (χ0) is 22.4. The number of rotatable bonds is 10. The summed E-state index contributed by atoms with van der Waals surface area (Å²) in [7, 11) is 1.62. The minimum atomic E-state index is -0.629. The molecule has 13 heteroatoms. The second kappa shape index (κ2) is 10.4. The maximum Gasteiger partial charge on any atom is 0.288 e. The Kier molecular flexibility index (Phi) is 7.60. The van der Waals surface area contributed by atoms with Crippen LogP contribution >= 0.6 is 23.4 Å². The summed E-state index contributed by atoms with van der Waals surface area (Å²) in [6, 6.07) is 3.91. The molecule has 0 saturated heterocycles. The Morgan fingerprint density at radius 2 is 2.16 bits per heavy atom. The molecule has 3 aromatic rings. The molecule has 0 aliphatic rings. The minimum absolute atomic E-state index is 0.0243. The highest BCUT2D eigenvalue weighted by molar-refractivity contribution is 7.98. The summed E-state index contributed by atoms with van der Waals surface area (Å²) >= 11 is 7.20. The van der Waals surface area contributed by atoms with Crippen LogP contribution in [0.2, 0.25) is 5.02 Å². The number of nitro benzene ring substituents is 1. The van der Waals surface area contributed by atoms with E-state index in [0.29, 0.717) is 36.3 Å². The number of fused-ring (bicyclic) bond motifs is 1. The van der Waals surface area contributed by atoms with Gasteiger partial charge in [0.05, 0.1) is 29.7 Å². The maximum absolute atomic E-state index is 12.4. The number of nitro groups is 1. The van der Waals surface area contributed by atoms with Crippen LogP contribution in [-0.2, 0) is 11.3 Å². The number of anilines is 1. The van der Waals surface area contributed by atoms with E-state index in [1.807, 2.05) is 6.26 Å². The van der Waals surface area contributed by atoms with Crippen molar-refractivity contribution in [3.05, 3.63) is 45.1 Å². The van der Waals surface area contributed by atoms with Gasteiger partial charge in [-0.25, -0.2) is 14.6 Å². The molecular formula is C18H20ClN7O4S. The van der Waals surface area contributed by atoms with E-state index in [0.717, 1.165) is 11.5 Å². The van der Waals surface area contributed by atoms with Crippen LogP contribution in [0.25, 0.3) is 11.0 Å². The zero-order valence-electron chi connectivity index (χ0n) is 16.8. The Balaban J connectivity index is 1.71. The predicted molar refractivity (Wildman–Crippen MR) is 118 cm³/mol. The van der Waals surface area contributed by atoms with Crippen molar-refractivity contribution in [2.45, 2.75) is 11.7 Å². The molecule has 0 aliphatic carbocycles. The van der Waals surface area contributed by atoms with Gasteiger partial charge < -0.3 is 15.4 Å². The predicted octanol–water partition coefficient (Wildman–Crippen LogP) is 2.60. The summed E-state index contributed by atoms with van der Waals surface area (Å²) in [6.45, 7) is 1.72. The number of methoxy groups -OCH3 is 1. The Bertz CT molecular complexity index is 1110. The summed E-state index contributed by atoms with van der Waals surface area (Å²) in [5.41, 5.74) is 0.468. The van der Waals surface area contributed by atoms with E-state index in [-0.39, 0.29) is 22.8 Å². The number of amides is 1. The molecule has 31 heavy (non-hydrogen) atoms. The molecule has 2 heterocycles. The third-order valence-electron chi connectivity index (χ3n) is 4.27. The topological polar surface area (TPSA) is 137 Å². The normalized spacial score (nSPS) is 10.9. The maximum atomic E-state index is 12.4. The highest BCUT2D eigenvalue weighted by atomic mass is 35.5. The van der Waals surface area contributed by atoms with Crippen molar-refractivity contribution in [1.82, 2.24) is 25.1 Å². The lowest BCUT2D eigenvalue weighted by molar-refractivity contribution is -0.384. The van der Waals surface area contributed by atoms with E-state index < -0.39 is 10.8 Å². The molecule has 0 saturated carbocycles. The highest BCUT2D eigenvalue weighted by Crippen LogP contribution is 2.25. The van der Waals surface area contributed by atoms with E-state index >= 15 is 0 Å². The van der Waals surface area contributed by atoms with Gasteiger partial charge in [-0.05, 0) is 18.4 Å². The Morgan fingerprint density at radius 1 is 1.35 bits per heavy atom. The van der Waals surface area contributed by atoms with Gasteiger partial charge in [-0.1, -0.05) is 23.4 Å². The van der Waals surface area contributed by atoms with Gasteiger partial charge in [-0.2, -0.15) is 5.10 Å². The molecule has 1 amide bonds. The number of benzene rings is 1. The molecule has 0 unspecified atom stereocenters. The number of halogens is 1. The van der Waals surface area contributed by atoms with Gasteiger partial charge in [0, 0.05) is 31.8 Å². The van der Waals surface area contributed by atoms with Crippen LogP contribution in [0, 0.1) is 10.1 Å². The molecule has 0 radical (unpaired) electrons. The molecule has 164 valence electrons. The van der Waals surface area contributed by atoms with Crippen LogP contribution in [0.3, 0.4) is 0 Å². The molecule has 11 nitrogen and oxygen atoms in total. The minimum Gasteiger partial charge on any atom is -0.383 e. The molecule has 0 spiro atoms. The first-order valence-corrected chi connectivity index (χ1v) is 10.8. The number of nitrogens with zero attached hydrogens (tertiary/aromatic N) is 5. The van der Waals surface area contributed by atoms with Crippen molar-refractivity contribution in [1.29, 1.82) is 0 Å². The average molecular weight is 466 g/mol. The van der Waals surface area contributed by atoms with Gasteiger partial charge in [0.1, 0.15) is 10.8 Å². The third kappa shape index (κ3) is 5.40. The van der Waals surface area contributed by atoms with Crippen molar-refractivity contribution < 1.29 is 14.5 Å². The van der Waals surface area contributed by atoms with Gasteiger partial charge in [0.2, 0.25) is 0 Å². The number of hydrogen-bond donors (Lipinski definition) is 2. The van der Waals surface area contributed by atoms with Gasteiger partial charge in [0.25, 0.3) is 11.6 Å². The first-order chi connectivity index (χ1) is 14.9. The largest absolute Gasteiger partial charge is 0.383 e. The van der Waals surface area contributed by atoms with E-state index in [4.69, 9.17) is 16.3 Å². The number of aromatic nitrogens is 4. The van der Waals surface area contributed by atoms with Crippen molar-refractivity contribution >= 4 is 51.8 Å². The highest BCUT2D eigenvalue weighted by Gasteiger charge is 2.17. The number of ether oxygens (including phenoxy) is 1. The van der Waals surface area contributed by atoms with Crippen LogP contribution in [-0.4, -0.2) is 63.6 Å². The van der Waals surface area contributed by atoms with Gasteiger partial charge >= 0.3 is 0 Å². The fourth-order valence-electron chi connectivity index (χ4n) is 2.77. The average Bonchev–Trinajstić information content (AvgIpc) is 3.16. The lowest BCUT2D eigenvalue weighted by atomic mass is 10.2. The van der Waals surface area contributed by atoms with E-state index in [1.54, 1.807) is 18.0 Å². The summed E-state index contributed by atoms with van der Waals surface area (Å²) < 4.78 is 6.73. The fourth-order valence-corrected chi connectivity index (χ4v) is 3.31. The number of carbonyl (C=O) groups excluding carboxylic acids is 1. The molecule has 3 rings (SSSR count). The smallest absolute Gasteiger partial charge is 0.288 e. The van der Waals surface area contributed by atoms with Crippen molar-refractivity contribution in [3.8, 4) is 0 Å². The molecular weight excluding hydrogens is 446 g/mol. The second-order valence-electron chi connectivity index (χ2n) is 6.26. The monoisotopic (exact) mass is 465 g/mol. The Morgan fingerprint density at radius 3 is 2.87 bits per heavy atom. The van der Waals surface area contributed by atoms with E-state index in [1.165, 1.54) is 23.9 Å². The van der Waals surface area contributed by atoms with Crippen LogP contribution in [0.4, 0.5) is 11.5 Å². The van der Waals surface area contributed by atoms with Crippen molar-refractivity contribution in [3.63, 3.8) is 0 Å². The zero-order valence-corrected chi connectivity index (χ0v) is 18.4. The first kappa shape index (κ1) is 22.7. The van der Waals surface area contributed by atoms with Crippen LogP contribution in [0.1, 0.15) is 10.4 Å². The van der Waals surface area contributed by atoms with Crippen molar-refractivity contribution in [2.24, 2.45) is 0 Å². The van der Waals surface area contributed by atoms with Gasteiger partial charge in [-0.15, -0.1) is 0 Å². The first-order valence-electron chi connectivity index (χ1n) is 9.17.